The zero-order valence-electron chi connectivity index (χ0n) is 15.0. The minimum absolute atomic E-state index is 0.127. The lowest BCUT2D eigenvalue weighted by molar-refractivity contribution is -0.133. The molecule has 5 heteroatoms. The summed E-state index contributed by atoms with van der Waals surface area (Å²) in [7, 11) is 0. The average molecular weight is 363 g/mol. The number of benzene rings is 2. The third kappa shape index (κ3) is 3.37. The molecule has 1 saturated carbocycles. The second kappa shape index (κ2) is 7.35. The van der Waals surface area contributed by atoms with Gasteiger partial charge in [0, 0.05) is 0 Å². The number of esters is 1. The van der Waals surface area contributed by atoms with E-state index in [-0.39, 0.29) is 35.8 Å². The first-order valence-corrected chi connectivity index (χ1v) is 9.36. The monoisotopic (exact) mass is 363 g/mol. The number of carbonyl (C=O) groups is 3. The maximum Gasteiger partial charge on any atom is 0.315 e. The van der Waals surface area contributed by atoms with Gasteiger partial charge >= 0.3 is 5.97 Å². The molecule has 27 heavy (non-hydrogen) atoms. The van der Waals surface area contributed by atoms with Gasteiger partial charge < -0.3 is 4.74 Å². The van der Waals surface area contributed by atoms with Crippen LogP contribution in [0.1, 0.15) is 31.2 Å². The highest BCUT2D eigenvalue weighted by Crippen LogP contribution is 2.42. The molecule has 5 nitrogen and oxygen atoms in total. The molecule has 2 aromatic rings. The van der Waals surface area contributed by atoms with Crippen molar-refractivity contribution in [3.63, 3.8) is 0 Å². The molecule has 138 valence electrons. The van der Waals surface area contributed by atoms with Gasteiger partial charge in [-0.25, -0.2) is 4.90 Å². The average Bonchev–Trinajstić information content (AvgIpc) is 2.94. The van der Waals surface area contributed by atoms with Crippen LogP contribution in [-0.2, 0) is 20.8 Å². The molecule has 2 fully saturated rings. The van der Waals surface area contributed by atoms with Crippen LogP contribution >= 0.6 is 0 Å². The Balaban J connectivity index is 1.57. The van der Waals surface area contributed by atoms with E-state index in [1.165, 1.54) is 4.90 Å². The van der Waals surface area contributed by atoms with E-state index in [2.05, 4.69) is 0 Å². The maximum absolute atomic E-state index is 12.8. The van der Waals surface area contributed by atoms with Gasteiger partial charge in [-0.1, -0.05) is 55.3 Å². The zero-order chi connectivity index (χ0) is 18.8. The number of amides is 2. The van der Waals surface area contributed by atoms with Gasteiger partial charge in [0.05, 0.1) is 23.9 Å². The van der Waals surface area contributed by atoms with E-state index in [4.69, 9.17) is 4.74 Å². The van der Waals surface area contributed by atoms with Crippen molar-refractivity contribution < 1.29 is 19.1 Å². The predicted octanol–water partition coefficient (Wildman–Crippen LogP) is 3.51. The normalized spacial score (nSPS) is 21.9. The minimum atomic E-state index is -0.426. The summed E-state index contributed by atoms with van der Waals surface area (Å²) in [6.07, 6.45) is 3.58. The highest BCUT2D eigenvalue weighted by molar-refractivity contribution is 6.22. The Morgan fingerprint density at radius 1 is 0.889 bits per heavy atom. The number of imide groups is 1. The second-order valence-electron chi connectivity index (χ2n) is 7.11. The Morgan fingerprint density at radius 3 is 2.15 bits per heavy atom. The van der Waals surface area contributed by atoms with Crippen molar-refractivity contribution in [3.8, 4) is 5.75 Å². The number of rotatable bonds is 4. The summed E-state index contributed by atoms with van der Waals surface area (Å²) in [4.78, 5) is 39.3. The van der Waals surface area contributed by atoms with Crippen molar-refractivity contribution in [1.29, 1.82) is 0 Å². The first kappa shape index (κ1) is 17.5. The van der Waals surface area contributed by atoms with Gasteiger partial charge in [-0.2, -0.15) is 0 Å². The van der Waals surface area contributed by atoms with Crippen molar-refractivity contribution >= 4 is 23.5 Å². The fourth-order valence-electron chi connectivity index (χ4n) is 4.05. The highest BCUT2D eigenvalue weighted by atomic mass is 16.5. The molecule has 2 aromatic carbocycles. The van der Waals surface area contributed by atoms with E-state index in [0.717, 1.165) is 31.2 Å². The van der Waals surface area contributed by atoms with Crippen LogP contribution in [0, 0.1) is 11.8 Å². The van der Waals surface area contributed by atoms with Crippen molar-refractivity contribution in [2.45, 2.75) is 32.1 Å². The van der Waals surface area contributed by atoms with E-state index in [1.807, 2.05) is 30.3 Å². The van der Waals surface area contributed by atoms with Crippen LogP contribution in [0.2, 0.25) is 0 Å². The third-order valence-electron chi connectivity index (χ3n) is 5.36. The van der Waals surface area contributed by atoms with Crippen LogP contribution in [0.25, 0.3) is 0 Å². The van der Waals surface area contributed by atoms with Crippen LogP contribution in [0.4, 0.5) is 5.69 Å². The maximum atomic E-state index is 12.8. The topological polar surface area (TPSA) is 63.7 Å². The summed E-state index contributed by atoms with van der Waals surface area (Å²) >= 11 is 0. The molecule has 1 heterocycles. The smallest absolute Gasteiger partial charge is 0.315 e. The molecule has 1 aliphatic carbocycles. The molecule has 1 saturated heterocycles. The van der Waals surface area contributed by atoms with E-state index in [9.17, 15) is 14.4 Å². The molecule has 2 amide bonds. The molecular formula is C22H21NO4. The summed E-state index contributed by atoms with van der Waals surface area (Å²) < 4.78 is 5.53. The lowest BCUT2D eigenvalue weighted by Gasteiger charge is -2.19. The van der Waals surface area contributed by atoms with E-state index < -0.39 is 5.97 Å². The molecule has 2 atom stereocenters. The fourth-order valence-corrected chi connectivity index (χ4v) is 4.05. The number of nitrogens with zero attached hydrogens (tertiary/aromatic N) is 1. The Bertz CT molecular complexity index is 853. The molecule has 0 bridgehead atoms. The predicted molar refractivity (Wildman–Crippen MR) is 100 cm³/mol. The molecule has 2 aliphatic rings. The largest absolute Gasteiger partial charge is 0.424 e. The number of ether oxygens (including phenoxy) is 1. The van der Waals surface area contributed by atoms with Gasteiger partial charge in [0.1, 0.15) is 0 Å². The number of carbonyl (C=O) groups excluding carboxylic acids is 3. The van der Waals surface area contributed by atoms with Gasteiger partial charge in [-0.3, -0.25) is 14.4 Å². The molecule has 1 aliphatic heterocycles. The number of hydrogen-bond donors (Lipinski definition) is 0. The highest BCUT2D eigenvalue weighted by Gasteiger charge is 2.49. The first-order valence-electron chi connectivity index (χ1n) is 9.36. The molecule has 0 aromatic heterocycles. The van der Waals surface area contributed by atoms with Gasteiger partial charge in [0.15, 0.2) is 5.75 Å². The van der Waals surface area contributed by atoms with Crippen molar-refractivity contribution in [1.82, 2.24) is 0 Å². The lowest BCUT2D eigenvalue weighted by Crippen LogP contribution is -2.31. The van der Waals surface area contributed by atoms with Crippen molar-refractivity contribution in [3.05, 3.63) is 60.2 Å². The summed E-state index contributed by atoms with van der Waals surface area (Å²) in [5.41, 5.74) is 1.21. The van der Waals surface area contributed by atoms with Gasteiger partial charge in [0.25, 0.3) is 0 Å². The lowest BCUT2D eigenvalue weighted by atomic mass is 9.81. The van der Waals surface area contributed by atoms with Crippen LogP contribution in [0.3, 0.4) is 0 Å². The van der Waals surface area contributed by atoms with E-state index >= 15 is 0 Å². The molecule has 0 radical (unpaired) electrons. The Kier molecular flexibility index (Phi) is 4.75. The Labute approximate surface area is 157 Å². The minimum Gasteiger partial charge on any atom is -0.424 e. The van der Waals surface area contributed by atoms with Crippen molar-refractivity contribution in [2.24, 2.45) is 11.8 Å². The third-order valence-corrected chi connectivity index (χ3v) is 5.36. The Hall–Kier alpha value is -2.95. The molecule has 0 spiro atoms. The second-order valence-corrected chi connectivity index (χ2v) is 7.11. The molecule has 0 N–H and O–H groups in total. The summed E-state index contributed by atoms with van der Waals surface area (Å²) in [5, 5.41) is 0. The first-order chi connectivity index (χ1) is 13.1. The number of fused-ring (bicyclic) bond motifs is 1. The summed E-state index contributed by atoms with van der Waals surface area (Å²) in [6.45, 7) is 0. The van der Waals surface area contributed by atoms with Gasteiger partial charge in [-0.05, 0) is 30.5 Å². The van der Waals surface area contributed by atoms with Crippen molar-refractivity contribution in [2.75, 3.05) is 4.90 Å². The van der Waals surface area contributed by atoms with Crippen LogP contribution in [-0.4, -0.2) is 17.8 Å². The molecule has 2 unspecified atom stereocenters. The van der Waals surface area contributed by atoms with E-state index in [1.54, 1.807) is 24.3 Å². The number of hydrogen-bond acceptors (Lipinski definition) is 4. The summed E-state index contributed by atoms with van der Waals surface area (Å²) in [5.74, 6) is -0.991. The van der Waals surface area contributed by atoms with Crippen LogP contribution in [0.15, 0.2) is 54.6 Å². The van der Waals surface area contributed by atoms with Gasteiger partial charge in [0.2, 0.25) is 11.8 Å². The summed E-state index contributed by atoms with van der Waals surface area (Å²) in [6, 6.07) is 16.1. The Morgan fingerprint density at radius 2 is 1.48 bits per heavy atom. The van der Waals surface area contributed by atoms with Crippen LogP contribution in [0.5, 0.6) is 5.75 Å². The zero-order valence-corrected chi connectivity index (χ0v) is 15.0. The SMILES string of the molecule is O=C(Cc1ccccc1)Oc1ccccc1N1C(=O)C2CCCCC2C1=O. The number of anilines is 1. The molecular weight excluding hydrogens is 342 g/mol. The van der Waals surface area contributed by atoms with Crippen LogP contribution < -0.4 is 9.64 Å². The quantitative estimate of drug-likeness (QED) is 0.474. The molecule has 4 rings (SSSR count). The fraction of sp³-hybridized carbons (Fsp3) is 0.318. The van der Waals surface area contributed by atoms with E-state index in [0.29, 0.717) is 5.69 Å². The van der Waals surface area contributed by atoms with Gasteiger partial charge in [-0.15, -0.1) is 0 Å². The standard InChI is InChI=1S/C22H21NO4/c24-20(14-15-8-2-1-3-9-15)27-19-13-7-6-12-18(19)23-21(25)16-10-4-5-11-17(16)22(23)26/h1-3,6-9,12-13,16-17H,4-5,10-11,14H2. The number of para-hydroxylation sites is 2.